The number of aliphatic hydroxyl groups is 3. The minimum atomic E-state index is -1.38. The van der Waals surface area contributed by atoms with Crippen LogP contribution in [0.4, 0.5) is 0 Å². The average Bonchev–Trinajstić information content (AvgIpc) is 2.18. The number of hydrogen-bond acceptors (Lipinski definition) is 6. The third-order valence-corrected chi connectivity index (χ3v) is 3.35. The maximum Gasteiger partial charge on any atom is 0.217 e. The lowest BCUT2D eigenvalue weighted by molar-refractivity contribution is -0.128. The molecule has 1 rings (SSSR count). The van der Waals surface area contributed by atoms with Crippen LogP contribution >= 0.6 is 11.8 Å². The van der Waals surface area contributed by atoms with Crippen molar-refractivity contribution in [1.29, 1.82) is 0 Å². The number of nitrogens with one attached hydrogen (secondary N) is 1. The second-order valence-corrected chi connectivity index (χ2v) is 4.56. The van der Waals surface area contributed by atoms with Gasteiger partial charge in [-0.15, -0.1) is 0 Å². The van der Waals surface area contributed by atoms with Crippen molar-refractivity contribution in [3.8, 4) is 0 Å². The fourth-order valence-corrected chi connectivity index (χ4v) is 2.38. The largest absolute Gasteiger partial charge is 0.395 e. The fourth-order valence-electron chi connectivity index (χ4n) is 1.36. The Morgan fingerprint density at radius 2 is 2.07 bits per heavy atom. The zero-order valence-corrected chi connectivity index (χ0v) is 8.90. The molecule has 0 bridgehead atoms. The first-order chi connectivity index (χ1) is 6.97. The van der Waals surface area contributed by atoms with E-state index in [0.29, 0.717) is 0 Å². The lowest BCUT2D eigenvalue weighted by atomic mass is 10.0. The van der Waals surface area contributed by atoms with Gasteiger partial charge in [0.2, 0.25) is 11.0 Å². The van der Waals surface area contributed by atoms with Crippen molar-refractivity contribution in [2.24, 2.45) is 0 Å². The molecular formula is C8H13NO5S. The van der Waals surface area contributed by atoms with E-state index in [1.165, 1.54) is 6.92 Å². The van der Waals surface area contributed by atoms with Crippen molar-refractivity contribution < 1.29 is 24.9 Å². The number of rotatable bonds is 2. The van der Waals surface area contributed by atoms with Crippen molar-refractivity contribution >= 4 is 22.8 Å². The molecule has 0 aromatic heterocycles. The van der Waals surface area contributed by atoms with E-state index >= 15 is 0 Å². The zero-order valence-electron chi connectivity index (χ0n) is 8.08. The van der Waals surface area contributed by atoms with E-state index in [1.807, 2.05) is 0 Å². The third-order valence-electron chi connectivity index (χ3n) is 2.13. The second kappa shape index (κ2) is 4.93. The van der Waals surface area contributed by atoms with Gasteiger partial charge in [-0.05, 0) is 0 Å². The highest BCUT2D eigenvalue weighted by molar-refractivity contribution is 8.14. The molecule has 0 aromatic carbocycles. The first-order valence-electron chi connectivity index (χ1n) is 4.42. The van der Waals surface area contributed by atoms with Crippen LogP contribution in [0.15, 0.2) is 0 Å². The van der Waals surface area contributed by atoms with Gasteiger partial charge in [0.1, 0.15) is 12.1 Å². The van der Waals surface area contributed by atoms with Crippen molar-refractivity contribution in [3.63, 3.8) is 0 Å². The fraction of sp³-hybridized carbons (Fsp3) is 0.750. The van der Waals surface area contributed by atoms with Crippen LogP contribution in [0, 0.1) is 0 Å². The van der Waals surface area contributed by atoms with Gasteiger partial charge in [0.25, 0.3) is 0 Å². The van der Waals surface area contributed by atoms with E-state index < -0.39 is 41.1 Å². The summed E-state index contributed by atoms with van der Waals surface area (Å²) < 4.78 is 0. The first-order valence-corrected chi connectivity index (χ1v) is 5.30. The molecule has 15 heavy (non-hydrogen) atoms. The van der Waals surface area contributed by atoms with E-state index in [1.54, 1.807) is 0 Å². The van der Waals surface area contributed by atoms with Crippen molar-refractivity contribution in [3.05, 3.63) is 0 Å². The highest BCUT2D eigenvalue weighted by Gasteiger charge is 2.43. The van der Waals surface area contributed by atoms with Crippen LogP contribution in [-0.4, -0.2) is 56.4 Å². The molecule has 0 unspecified atom stereocenters. The highest BCUT2D eigenvalue weighted by atomic mass is 32.2. The van der Waals surface area contributed by atoms with Gasteiger partial charge >= 0.3 is 0 Å². The number of carbonyl (C=O) groups excluding carboxylic acids is 2. The quantitative estimate of drug-likeness (QED) is 0.434. The summed E-state index contributed by atoms with van der Waals surface area (Å²) >= 11 is 0.735. The minimum absolute atomic E-state index is 0.401. The lowest BCUT2D eigenvalue weighted by Crippen LogP contribution is -2.58. The number of thioether (sulfide) groups is 1. The predicted octanol–water partition coefficient (Wildman–Crippen LogP) is -2.15. The standard InChI is InChI=1S/C8H13NO5S/c1-3(11)9-5-7(13)6(12)4(2-10)15-8(5)14/h4-7,10,12-13H,2H2,1H3,(H,9,11)/t4-,5-,6+,7-/m1/s1. The molecule has 1 aliphatic rings. The molecule has 1 fully saturated rings. The lowest BCUT2D eigenvalue weighted by Gasteiger charge is -2.35. The Bertz CT molecular complexity index is 272. The molecule has 0 saturated carbocycles. The molecule has 1 heterocycles. The maximum absolute atomic E-state index is 11.4. The van der Waals surface area contributed by atoms with Gasteiger partial charge in [0.15, 0.2) is 0 Å². The molecule has 6 nitrogen and oxygen atoms in total. The molecule has 0 spiro atoms. The van der Waals surface area contributed by atoms with Gasteiger partial charge in [0.05, 0.1) is 18.0 Å². The summed E-state index contributed by atoms with van der Waals surface area (Å²) in [5.74, 6) is -0.456. The average molecular weight is 235 g/mol. The molecular weight excluding hydrogens is 222 g/mol. The van der Waals surface area contributed by atoms with Gasteiger partial charge < -0.3 is 20.6 Å². The Balaban J connectivity index is 2.74. The summed E-state index contributed by atoms with van der Waals surface area (Å²) in [5, 5.41) is 28.9. The molecule has 0 radical (unpaired) electrons. The third kappa shape index (κ3) is 2.69. The molecule has 7 heteroatoms. The van der Waals surface area contributed by atoms with Gasteiger partial charge in [-0.1, -0.05) is 11.8 Å². The summed E-state index contributed by atoms with van der Waals surface area (Å²) in [6.45, 7) is 0.816. The smallest absolute Gasteiger partial charge is 0.217 e. The summed E-state index contributed by atoms with van der Waals surface area (Å²) in [7, 11) is 0. The molecule has 1 amide bonds. The van der Waals surface area contributed by atoms with Crippen LogP contribution in [0.5, 0.6) is 0 Å². The first kappa shape index (κ1) is 12.4. The summed E-state index contributed by atoms with van der Waals surface area (Å²) in [5.41, 5.74) is 0. The van der Waals surface area contributed by atoms with Crippen molar-refractivity contribution in [1.82, 2.24) is 5.32 Å². The van der Waals surface area contributed by atoms with Crippen LogP contribution < -0.4 is 5.32 Å². The minimum Gasteiger partial charge on any atom is -0.395 e. The number of aliphatic hydroxyl groups excluding tert-OH is 3. The SMILES string of the molecule is CC(=O)N[C@H]1C(=O)S[C@H](CO)[C@H](O)[C@@H]1O. The maximum atomic E-state index is 11.4. The van der Waals surface area contributed by atoms with E-state index in [-0.39, 0.29) is 0 Å². The predicted molar refractivity (Wildman–Crippen MR) is 53.1 cm³/mol. The van der Waals surface area contributed by atoms with Crippen LogP contribution in [-0.2, 0) is 9.59 Å². The normalized spacial score (nSPS) is 36.4. The van der Waals surface area contributed by atoms with E-state index in [4.69, 9.17) is 5.11 Å². The molecule has 0 aliphatic carbocycles. The van der Waals surface area contributed by atoms with Gasteiger partial charge in [-0.2, -0.15) is 0 Å². The Hall–Kier alpha value is -0.630. The van der Waals surface area contributed by atoms with Gasteiger partial charge in [-0.25, -0.2) is 0 Å². The molecule has 1 saturated heterocycles. The van der Waals surface area contributed by atoms with Crippen LogP contribution in [0.3, 0.4) is 0 Å². The Labute approximate surface area is 90.7 Å². The summed E-state index contributed by atoms with van der Waals surface area (Å²) in [4.78, 5) is 22.2. The Morgan fingerprint density at radius 1 is 1.47 bits per heavy atom. The molecule has 4 atom stereocenters. The topological polar surface area (TPSA) is 107 Å². The van der Waals surface area contributed by atoms with Crippen LogP contribution in [0.1, 0.15) is 6.92 Å². The molecule has 1 aliphatic heterocycles. The highest BCUT2D eigenvalue weighted by Crippen LogP contribution is 2.27. The Morgan fingerprint density at radius 3 is 2.53 bits per heavy atom. The van der Waals surface area contributed by atoms with Gasteiger partial charge in [-0.3, -0.25) is 9.59 Å². The van der Waals surface area contributed by atoms with E-state index in [0.717, 1.165) is 11.8 Å². The summed E-state index contributed by atoms with van der Waals surface area (Å²) in [6.07, 6.45) is -2.60. The van der Waals surface area contributed by atoms with Crippen molar-refractivity contribution in [2.45, 2.75) is 30.4 Å². The monoisotopic (exact) mass is 235 g/mol. The summed E-state index contributed by atoms with van der Waals surface area (Å²) in [6, 6.07) is -1.11. The van der Waals surface area contributed by atoms with E-state index in [9.17, 15) is 19.8 Å². The number of amides is 1. The molecule has 86 valence electrons. The zero-order chi connectivity index (χ0) is 11.6. The number of carbonyl (C=O) groups is 2. The van der Waals surface area contributed by atoms with Crippen molar-refractivity contribution in [2.75, 3.05) is 6.61 Å². The Kier molecular flexibility index (Phi) is 4.09. The molecule has 4 N–H and O–H groups in total. The van der Waals surface area contributed by atoms with E-state index in [2.05, 4.69) is 5.32 Å². The van der Waals surface area contributed by atoms with Crippen LogP contribution in [0.2, 0.25) is 0 Å². The number of hydrogen-bond donors (Lipinski definition) is 4. The van der Waals surface area contributed by atoms with Crippen LogP contribution in [0.25, 0.3) is 0 Å². The molecule has 0 aromatic rings. The van der Waals surface area contributed by atoms with Gasteiger partial charge in [0, 0.05) is 6.92 Å². The second-order valence-electron chi connectivity index (χ2n) is 3.32.